The van der Waals surface area contributed by atoms with Gasteiger partial charge in [0, 0.05) is 49.4 Å². The van der Waals surface area contributed by atoms with E-state index in [2.05, 4.69) is 567 Å². The molecule has 18 aromatic carbocycles. The first-order valence-electron chi connectivity index (χ1n) is 47.1. The zero-order chi connectivity index (χ0) is 92.3. The van der Waals surface area contributed by atoms with Gasteiger partial charge in [0.2, 0.25) is 0 Å². The zero-order valence-corrected chi connectivity index (χ0v) is 80.1. The van der Waals surface area contributed by atoms with E-state index in [0.29, 0.717) is 0 Å². The van der Waals surface area contributed by atoms with E-state index in [1.165, 1.54) is 66.3 Å². The molecule has 1 aliphatic carbocycles. The standard InChI is InChI=1S/C62H53N5.C50H45BrN4.C13H10/c1-61(2,3)42-31-35-44(36-32-42)63-53-23-11-15-27-57(53)66(58-28-16-12-24-54(58)63)47-39-46(65-51-21-9-7-19-49(51)50-20-8-10-22-52(50)65)40-48(41-47)67-59-29-17-13-25-55(59)64(56-26-14-18-30-60(56)67)45-37-33-43(34-38-45)62(4,5)6;1-49(2,3)34-23-27-37(28-24-34)52-41-15-7-11-19-45(41)54(46-20-12-8-16-42(46)52)39-31-36(51)32-40(33-39)55-47-21-13-9-17-43(47)53(44-18-10-14-22-48(44)55)38-29-25-35(26-30-38)50(4,5)6;1-3-7-12-10(5-1)9-11-6-2-4-8-13(11)12/h7-41H,1-6H3;7-33H,1-6H3;1-8H,9H2. The fourth-order valence-electron chi connectivity index (χ4n) is 20.5. The highest BCUT2D eigenvalue weighted by Crippen LogP contribution is 2.62. The van der Waals surface area contributed by atoms with Crippen molar-refractivity contribution in [1.82, 2.24) is 4.57 Å². The molecule has 5 heterocycles. The Labute approximate surface area is 802 Å². The number of para-hydroxylation sites is 18. The predicted octanol–water partition coefficient (Wildman–Crippen LogP) is 36.7. The van der Waals surface area contributed by atoms with Crippen LogP contribution in [0.15, 0.2) is 429 Å². The monoisotopic (exact) mass is 1810 g/mol. The molecule has 0 radical (unpaired) electrons. The second-order valence-electron chi connectivity index (χ2n) is 40.0. The molecule has 0 unspecified atom stereocenters. The van der Waals surface area contributed by atoms with Crippen LogP contribution in [0.5, 0.6) is 0 Å². The molecule has 0 saturated carbocycles. The van der Waals surface area contributed by atoms with Gasteiger partial charge in [-0.2, -0.15) is 0 Å². The molecule has 0 saturated heterocycles. The van der Waals surface area contributed by atoms with Crippen molar-refractivity contribution in [1.29, 1.82) is 0 Å². The van der Waals surface area contributed by atoms with E-state index in [1.54, 1.807) is 0 Å². The lowest BCUT2D eigenvalue weighted by Crippen LogP contribution is -2.25. The second-order valence-corrected chi connectivity index (χ2v) is 40.9. The van der Waals surface area contributed by atoms with E-state index in [-0.39, 0.29) is 21.7 Å². The van der Waals surface area contributed by atoms with Crippen LogP contribution in [-0.2, 0) is 28.1 Å². The third-order valence-corrected chi connectivity index (χ3v) is 27.7. The van der Waals surface area contributed by atoms with Crippen LogP contribution in [0, 0.1) is 0 Å². The van der Waals surface area contributed by atoms with Gasteiger partial charge >= 0.3 is 0 Å². The van der Waals surface area contributed by atoms with Gasteiger partial charge in [0.15, 0.2) is 0 Å². The Balaban J connectivity index is 0.000000140. The summed E-state index contributed by atoms with van der Waals surface area (Å²) in [4.78, 5) is 19.4. The van der Waals surface area contributed by atoms with E-state index in [1.807, 2.05) is 0 Å². The van der Waals surface area contributed by atoms with Crippen LogP contribution in [0.1, 0.15) is 116 Å². The van der Waals surface area contributed by atoms with E-state index in [9.17, 15) is 0 Å². The van der Waals surface area contributed by atoms with E-state index < -0.39 is 0 Å². The number of aromatic nitrogens is 1. The minimum absolute atomic E-state index is 0.0531. The number of hydrogen-bond acceptors (Lipinski definition) is 8. The van der Waals surface area contributed by atoms with Crippen molar-refractivity contribution < 1.29 is 0 Å². The molecule has 4 aliphatic heterocycles. The summed E-state index contributed by atoms with van der Waals surface area (Å²) in [5, 5.41) is 2.46. The van der Waals surface area contributed by atoms with Gasteiger partial charge in [-0.05, 0) is 267 Å². The first-order chi connectivity index (χ1) is 65.4. The molecule has 5 aliphatic rings. The minimum Gasteiger partial charge on any atom is -0.309 e. The number of anilines is 24. The summed E-state index contributed by atoms with van der Waals surface area (Å²) >= 11 is 3.97. The van der Waals surface area contributed by atoms with E-state index in [0.717, 1.165) is 153 Å². The highest BCUT2D eigenvalue weighted by Gasteiger charge is 2.39. The first kappa shape index (κ1) is 85.1. The molecule has 0 amide bonds. The van der Waals surface area contributed by atoms with Crippen molar-refractivity contribution in [2.24, 2.45) is 0 Å². The van der Waals surface area contributed by atoms with Crippen LogP contribution in [0.4, 0.5) is 136 Å². The molecule has 0 fully saturated rings. The smallest absolute Gasteiger partial charge is 0.0703 e. The number of halogens is 1. The maximum Gasteiger partial charge on any atom is 0.0703 e. The average Bonchev–Trinajstić information content (AvgIpc) is 1.55. The van der Waals surface area contributed by atoms with Gasteiger partial charge < -0.3 is 43.8 Å². The highest BCUT2D eigenvalue weighted by molar-refractivity contribution is 9.10. The number of hydrogen-bond donors (Lipinski definition) is 0. The quantitative estimate of drug-likeness (QED) is 0.141. The average molecular weight is 1820 g/mol. The molecule has 0 bridgehead atoms. The van der Waals surface area contributed by atoms with Crippen LogP contribution in [-0.4, -0.2) is 4.57 Å². The lowest BCUT2D eigenvalue weighted by atomic mass is 9.87. The molecule has 0 atom stereocenters. The SMILES string of the molecule is CC(C)(C)c1ccc(N2c3ccccc3N(c3cc(Br)cc(N4c5ccccc5N(c5ccc(C(C)(C)C)cc5)c5ccccc54)c3)c3ccccc32)cc1.CC(C)(C)c1ccc(N2c3ccccc3N(c3cc(N4c5ccccc5N(c5ccc(C(C)(C)C)cc5)c5ccccc54)cc(-n4c5ccccc5c5ccccc54)c3)c3ccccc32)cc1.c1ccc2c(c1)Cc1ccccc1-2. The van der Waals surface area contributed by atoms with Crippen molar-refractivity contribution in [3.63, 3.8) is 0 Å². The number of rotatable bonds is 9. The van der Waals surface area contributed by atoms with Gasteiger partial charge in [0.05, 0.1) is 119 Å². The van der Waals surface area contributed by atoms with Gasteiger partial charge in [0.1, 0.15) is 0 Å². The molecular weight excluding hydrogens is 1710 g/mol. The molecule has 10 heteroatoms. The number of nitrogens with zero attached hydrogens (tertiary/aromatic N) is 9. The summed E-state index contributed by atoms with van der Waals surface area (Å²) in [6.07, 6.45) is 1.10. The van der Waals surface area contributed by atoms with Crippen molar-refractivity contribution in [3.05, 3.63) is 462 Å². The van der Waals surface area contributed by atoms with Gasteiger partial charge in [-0.1, -0.05) is 330 Å². The normalized spacial score (nSPS) is 13.4. The summed E-state index contributed by atoms with van der Waals surface area (Å²) < 4.78 is 3.46. The van der Waals surface area contributed by atoms with Crippen molar-refractivity contribution in [3.8, 4) is 16.8 Å². The Hall–Kier alpha value is -15.4. The molecule has 135 heavy (non-hydrogen) atoms. The van der Waals surface area contributed by atoms with Crippen molar-refractivity contribution >= 4 is 174 Å². The zero-order valence-electron chi connectivity index (χ0n) is 78.5. The summed E-state index contributed by atoms with van der Waals surface area (Å²) in [6.45, 7) is 27.2. The highest BCUT2D eigenvalue weighted by atomic mass is 79.9. The van der Waals surface area contributed by atoms with Gasteiger partial charge in [-0.15, -0.1) is 0 Å². The number of benzene rings is 18. The maximum atomic E-state index is 3.97. The molecule has 660 valence electrons. The van der Waals surface area contributed by atoms with E-state index >= 15 is 0 Å². The molecule has 19 aromatic rings. The Morgan fingerprint density at radius 3 is 0.578 bits per heavy atom. The van der Waals surface area contributed by atoms with Gasteiger partial charge in [-0.25, -0.2) is 0 Å². The summed E-state index contributed by atoms with van der Waals surface area (Å²) in [5.74, 6) is 0. The maximum absolute atomic E-state index is 3.97. The van der Waals surface area contributed by atoms with Crippen molar-refractivity contribution in [2.45, 2.75) is 111 Å². The molecule has 9 nitrogen and oxygen atoms in total. The van der Waals surface area contributed by atoms with Crippen LogP contribution >= 0.6 is 15.9 Å². The third-order valence-electron chi connectivity index (χ3n) is 27.2. The number of fused-ring (bicyclic) bond motifs is 14. The van der Waals surface area contributed by atoms with Crippen LogP contribution in [0.3, 0.4) is 0 Å². The van der Waals surface area contributed by atoms with E-state index in [4.69, 9.17) is 0 Å². The minimum atomic E-state index is 0.0531. The lowest BCUT2D eigenvalue weighted by molar-refractivity contribution is 0.590. The van der Waals surface area contributed by atoms with Crippen molar-refractivity contribution in [2.75, 3.05) is 39.2 Å². The Morgan fingerprint density at radius 2 is 0.356 bits per heavy atom. The molecule has 0 N–H and O–H groups in total. The van der Waals surface area contributed by atoms with Crippen LogP contribution in [0.2, 0.25) is 0 Å². The predicted molar refractivity (Wildman–Crippen MR) is 576 cm³/mol. The lowest BCUT2D eigenvalue weighted by Gasteiger charge is -2.42. The van der Waals surface area contributed by atoms with Gasteiger partial charge in [0.25, 0.3) is 0 Å². The Bertz CT molecular complexity index is 7120. The fraction of sp³-hybridized carbons (Fsp3) is 0.136. The summed E-state index contributed by atoms with van der Waals surface area (Å²) in [5.41, 5.74) is 41.4. The first-order valence-corrected chi connectivity index (χ1v) is 47.9. The summed E-state index contributed by atoms with van der Waals surface area (Å²) in [6, 6.07) is 156. The Kier molecular flexibility index (Phi) is 21.3. The van der Waals surface area contributed by atoms with Gasteiger partial charge in [-0.3, -0.25) is 0 Å². The summed E-state index contributed by atoms with van der Waals surface area (Å²) in [7, 11) is 0. The molecule has 1 aromatic heterocycles. The fourth-order valence-corrected chi connectivity index (χ4v) is 21.0. The molecule has 0 spiro atoms. The van der Waals surface area contributed by atoms with Crippen LogP contribution in [0.25, 0.3) is 38.6 Å². The largest absolute Gasteiger partial charge is 0.309 e. The van der Waals surface area contributed by atoms with Crippen LogP contribution < -0.4 is 39.2 Å². The topological polar surface area (TPSA) is 30.9 Å². The Morgan fingerprint density at radius 1 is 0.178 bits per heavy atom. The molecule has 24 rings (SSSR count). The third kappa shape index (κ3) is 15.3. The second kappa shape index (κ2) is 33.7. The molecular formula is C125H108BrN9.